The maximum atomic E-state index is 12.3. The molecule has 0 bridgehead atoms. The quantitative estimate of drug-likeness (QED) is 0.329. The largest absolute Gasteiger partial charge is 0.467 e. The first-order valence-corrected chi connectivity index (χ1v) is 9.82. The van der Waals surface area contributed by atoms with Crippen molar-refractivity contribution in [1.29, 1.82) is 0 Å². The summed E-state index contributed by atoms with van der Waals surface area (Å²) in [6, 6.07) is 12.5. The highest BCUT2D eigenvalue weighted by Gasteiger charge is 2.32. The highest BCUT2D eigenvalue weighted by Crippen LogP contribution is 2.36. The van der Waals surface area contributed by atoms with E-state index in [0.29, 0.717) is 43.8 Å². The highest BCUT2D eigenvalue weighted by molar-refractivity contribution is 8.19. The number of hydrogen-bond donors (Lipinski definition) is 0. The van der Waals surface area contributed by atoms with Crippen LogP contribution >= 0.6 is 47.2 Å². The van der Waals surface area contributed by atoms with E-state index in [4.69, 9.17) is 44.3 Å². The van der Waals surface area contributed by atoms with Crippen LogP contribution in [0.25, 0.3) is 17.4 Å². The molecule has 4 nitrogen and oxygen atoms in total. The molecule has 0 N–H and O–H groups in total. The molecule has 1 amide bonds. The van der Waals surface area contributed by atoms with E-state index in [2.05, 4.69) is 0 Å². The van der Waals surface area contributed by atoms with Crippen LogP contribution in [-0.2, 0) is 6.54 Å². The molecule has 0 aliphatic carbocycles. The van der Waals surface area contributed by atoms with Gasteiger partial charge in [0.1, 0.15) is 22.3 Å². The van der Waals surface area contributed by atoms with Crippen molar-refractivity contribution >= 4 is 63.5 Å². The van der Waals surface area contributed by atoms with E-state index in [0.717, 1.165) is 17.3 Å². The summed E-state index contributed by atoms with van der Waals surface area (Å²) >= 11 is 18.5. The number of amides is 1. The molecule has 3 heterocycles. The van der Waals surface area contributed by atoms with E-state index in [-0.39, 0.29) is 5.24 Å². The van der Waals surface area contributed by atoms with Gasteiger partial charge in [0.15, 0.2) is 0 Å². The van der Waals surface area contributed by atoms with Gasteiger partial charge < -0.3 is 8.83 Å². The Bertz CT molecular complexity index is 1060. The predicted octanol–water partition coefficient (Wildman–Crippen LogP) is 6.88. The fraction of sp³-hybridized carbons (Fsp3) is 0.0526. The summed E-state index contributed by atoms with van der Waals surface area (Å²) in [6.07, 6.45) is 3.32. The number of hydrogen-bond acceptors (Lipinski definition) is 5. The van der Waals surface area contributed by atoms with Crippen LogP contribution < -0.4 is 0 Å². The molecule has 1 aliphatic rings. The van der Waals surface area contributed by atoms with Gasteiger partial charge >= 0.3 is 0 Å². The van der Waals surface area contributed by atoms with Crippen LogP contribution in [0.5, 0.6) is 0 Å². The Morgan fingerprint density at radius 3 is 2.74 bits per heavy atom. The lowest BCUT2D eigenvalue weighted by Crippen LogP contribution is -2.25. The Labute approximate surface area is 174 Å². The fourth-order valence-electron chi connectivity index (χ4n) is 2.56. The monoisotopic (exact) mass is 435 g/mol. The van der Waals surface area contributed by atoms with Crippen molar-refractivity contribution in [2.45, 2.75) is 6.54 Å². The van der Waals surface area contributed by atoms with Gasteiger partial charge in [0.25, 0.3) is 5.24 Å². The molecule has 0 spiro atoms. The van der Waals surface area contributed by atoms with Crippen LogP contribution in [0.1, 0.15) is 11.5 Å². The van der Waals surface area contributed by atoms with Gasteiger partial charge in [0.2, 0.25) is 0 Å². The molecule has 1 aliphatic heterocycles. The number of thioether (sulfide) groups is 1. The van der Waals surface area contributed by atoms with Gasteiger partial charge in [-0.3, -0.25) is 9.69 Å². The van der Waals surface area contributed by atoms with Crippen LogP contribution in [0.15, 0.2) is 62.5 Å². The first-order valence-electron chi connectivity index (χ1n) is 7.84. The number of thiocarbonyl (C=S) groups is 1. The second-order valence-corrected chi connectivity index (χ2v) is 7.87. The third-order valence-electron chi connectivity index (χ3n) is 3.87. The normalized spacial score (nSPS) is 15.9. The minimum absolute atomic E-state index is 0.140. The minimum atomic E-state index is -0.140. The van der Waals surface area contributed by atoms with Crippen molar-refractivity contribution in [3.05, 3.63) is 75.2 Å². The Balaban J connectivity index is 1.55. The van der Waals surface area contributed by atoms with Crippen LogP contribution in [-0.4, -0.2) is 15.1 Å². The number of furan rings is 2. The lowest BCUT2D eigenvalue weighted by molar-refractivity contribution is 0.242. The third-order valence-corrected chi connectivity index (χ3v) is 6.11. The van der Waals surface area contributed by atoms with Crippen molar-refractivity contribution in [2.75, 3.05) is 0 Å². The molecule has 136 valence electrons. The summed E-state index contributed by atoms with van der Waals surface area (Å²) in [6.45, 7) is 0.307. The topological polar surface area (TPSA) is 46.6 Å². The van der Waals surface area contributed by atoms with Gasteiger partial charge in [-0.15, -0.1) is 0 Å². The van der Waals surface area contributed by atoms with Crippen LogP contribution in [0.4, 0.5) is 4.79 Å². The molecule has 2 aromatic heterocycles. The molecule has 0 radical (unpaired) electrons. The van der Waals surface area contributed by atoms with E-state index in [1.807, 2.05) is 18.2 Å². The summed E-state index contributed by atoms with van der Waals surface area (Å²) < 4.78 is 11.1. The minimum Gasteiger partial charge on any atom is -0.467 e. The molecule has 1 saturated heterocycles. The summed E-state index contributed by atoms with van der Waals surface area (Å²) in [5.41, 5.74) is 0.811. The maximum Gasteiger partial charge on any atom is 0.292 e. The highest BCUT2D eigenvalue weighted by atomic mass is 35.5. The van der Waals surface area contributed by atoms with E-state index >= 15 is 0 Å². The smallest absolute Gasteiger partial charge is 0.292 e. The molecule has 27 heavy (non-hydrogen) atoms. The molecule has 8 heteroatoms. The van der Waals surface area contributed by atoms with Gasteiger partial charge in [0.05, 0.1) is 27.8 Å². The predicted molar refractivity (Wildman–Crippen MR) is 112 cm³/mol. The van der Waals surface area contributed by atoms with Crippen molar-refractivity contribution in [1.82, 2.24) is 4.90 Å². The summed E-state index contributed by atoms with van der Waals surface area (Å²) in [5.74, 6) is 1.91. The van der Waals surface area contributed by atoms with Crippen LogP contribution in [0.3, 0.4) is 0 Å². The maximum absolute atomic E-state index is 12.3. The summed E-state index contributed by atoms with van der Waals surface area (Å²) in [5, 5.41) is 0.799. The second-order valence-electron chi connectivity index (χ2n) is 5.68. The van der Waals surface area contributed by atoms with E-state index in [9.17, 15) is 4.79 Å². The number of carbonyl (C=O) groups excluding carboxylic acids is 1. The van der Waals surface area contributed by atoms with E-state index < -0.39 is 0 Å². The second kappa shape index (κ2) is 7.56. The molecule has 1 fully saturated rings. The lowest BCUT2D eigenvalue weighted by Gasteiger charge is -2.12. The average molecular weight is 436 g/mol. The van der Waals surface area contributed by atoms with Gasteiger partial charge in [-0.2, -0.15) is 0 Å². The zero-order valence-corrected chi connectivity index (χ0v) is 16.8. The molecule has 4 rings (SSSR count). The first-order chi connectivity index (χ1) is 13.0. The molecular formula is C19H11Cl2NO3S2. The zero-order chi connectivity index (χ0) is 19.0. The first kappa shape index (κ1) is 18.4. The van der Waals surface area contributed by atoms with Crippen molar-refractivity contribution in [3.8, 4) is 11.3 Å². The molecule has 3 aromatic rings. The number of halogens is 2. The van der Waals surface area contributed by atoms with Gasteiger partial charge in [-0.1, -0.05) is 35.4 Å². The lowest BCUT2D eigenvalue weighted by atomic mass is 10.2. The van der Waals surface area contributed by atoms with Crippen LogP contribution in [0, 0.1) is 0 Å². The molecule has 0 saturated carbocycles. The number of carbonyl (C=O) groups is 1. The third kappa shape index (κ3) is 3.84. The van der Waals surface area contributed by atoms with Gasteiger partial charge in [-0.05, 0) is 60.3 Å². The Morgan fingerprint density at radius 1 is 1.15 bits per heavy atom. The number of benzene rings is 1. The Morgan fingerprint density at radius 2 is 2.00 bits per heavy atom. The van der Waals surface area contributed by atoms with Gasteiger partial charge in [0, 0.05) is 5.56 Å². The molecular weight excluding hydrogens is 425 g/mol. The standard InChI is InChI=1S/C19H11Cl2NO3S2/c20-14-5-3-11(8-15(14)21)16-6-4-12(25-16)9-17-18(26)22(19(23)27-17)10-13-2-1-7-24-13/h1-9H,10H2. The van der Waals surface area contributed by atoms with Crippen LogP contribution in [0.2, 0.25) is 10.0 Å². The Hall–Kier alpha value is -1.99. The van der Waals surface area contributed by atoms with Crippen molar-refractivity contribution in [2.24, 2.45) is 0 Å². The Kier molecular flexibility index (Phi) is 5.14. The van der Waals surface area contributed by atoms with Gasteiger partial charge in [-0.25, -0.2) is 0 Å². The molecule has 0 atom stereocenters. The van der Waals surface area contributed by atoms with Crippen molar-refractivity contribution in [3.63, 3.8) is 0 Å². The van der Waals surface area contributed by atoms with Crippen molar-refractivity contribution < 1.29 is 13.6 Å². The number of nitrogens with zero attached hydrogens (tertiary/aromatic N) is 1. The van der Waals surface area contributed by atoms with E-state index in [1.165, 1.54) is 4.90 Å². The van der Waals surface area contributed by atoms with E-state index in [1.54, 1.807) is 36.6 Å². The zero-order valence-electron chi connectivity index (χ0n) is 13.6. The SMILES string of the molecule is O=C1SC(=Cc2ccc(-c3ccc(Cl)c(Cl)c3)o2)C(=S)N1Cc1ccco1. The molecule has 0 unspecified atom stereocenters. The summed E-state index contributed by atoms with van der Waals surface area (Å²) in [4.78, 5) is 14.9. The average Bonchev–Trinajstić information content (AvgIpc) is 3.37. The fourth-order valence-corrected chi connectivity index (χ4v) is 4.07. The molecule has 1 aromatic carbocycles. The summed E-state index contributed by atoms with van der Waals surface area (Å²) in [7, 11) is 0. The number of rotatable bonds is 4.